The van der Waals surface area contributed by atoms with E-state index in [1.54, 1.807) is 18.4 Å². The smallest absolute Gasteiger partial charge is 0.191 e. The summed E-state index contributed by atoms with van der Waals surface area (Å²) in [6.07, 6.45) is 1.62. The molecule has 3 heterocycles. The fourth-order valence-electron chi connectivity index (χ4n) is 2.22. The number of H-pyrrole nitrogens is 1. The topological polar surface area (TPSA) is 60.0 Å². The molecule has 0 aromatic carbocycles. The SMILES string of the molecule is COC1(c2nc(-c3cccs3)n[nH]2)CCOCC1. The Morgan fingerprint density at radius 1 is 1.44 bits per heavy atom. The van der Waals surface area contributed by atoms with E-state index in [1.807, 2.05) is 17.5 Å². The number of hydrogen-bond donors (Lipinski definition) is 1. The van der Waals surface area contributed by atoms with Crippen LogP contribution in [-0.4, -0.2) is 35.5 Å². The van der Waals surface area contributed by atoms with Crippen LogP contribution in [0.25, 0.3) is 10.7 Å². The molecule has 1 saturated heterocycles. The molecule has 0 amide bonds. The maximum Gasteiger partial charge on any atom is 0.191 e. The number of thiophene rings is 1. The van der Waals surface area contributed by atoms with Crippen molar-refractivity contribution in [3.63, 3.8) is 0 Å². The van der Waals surface area contributed by atoms with Crippen molar-refractivity contribution in [1.82, 2.24) is 15.2 Å². The molecule has 1 aliphatic rings. The molecule has 0 atom stereocenters. The number of nitrogens with one attached hydrogen (secondary N) is 1. The van der Waals surface area contributed by atoms with Gasteiger partial charge in [-0.3, -0.25) is 5.10 Å². The molecule has 2 aromatic rings. The summed E-state index contributed by atoms with van der Waals surface area (Å²) in [7, 11) is 1.72. The van der Waals surface area contributed by atoms with Crippen molar-refractivity contribution in [1.29, 1.82) is 0 Å². The third kappa shape index (κ3) is 1.96. The van der Waals surface area contributed by atoms with Gasteiger partial charge in [-0.05, 0) is 11.4 Å². The van der Waals surface area contributed by atoms with Crippen molar-refractivity contribution in [2.45, 2.75) is 18.4 Å². The van der Waals surface area contributed by atoms with Crippen molar-refractivity contribution in [3.8, 4) is 10.7 Å². The number of ether oxygens (including phenoxy) is 2. The number of rotatable bonds is 3. The third-order valence-corrected chi connectivity index (χ3v) is 4.22. The Morgan fingerprint density at radius 3 is 2.94 bits per heavy atom. The van der Waals surface area contributed by atoms with Crippen LogP contribution in [0.5, 0.6) is 0 Å². The molecule has 1 fully saturated rings. The van der Waals surface area contributed by atoms with Crippen LogP contribution < -0.4 is 0 Å². The van der Waals surface area contributed by atoms with E-state index in [1.165, 1.54) is 0 Å². The summed E-state index contributed by atoms with van der Waals surface area (Å²) < 4.78 is 11.1. The van der Waals surface area contributed by atoms with Crippen molar-refractivity contribution >= 4 is 11.3 Å². The van der Waals surface area contributed by atoms with Crippen LogP contribution in [-0.2, 0) is 15.1 Å². The van der Waals surface area contributed by atoms with Gasteiger partial charge in [-0.25, -0.2) is 4.98 Å². The lowest BCUT2D eigenvalue weighted by atomic mass is 9.93. The van der Waals surface area contributed by atoms with E-state index in [-0.39, 0.29) is 5.60 Å². The average Bonchev–Trinajstić information content (AvgIpc) is 3.10. The minimum absolute atomic E-state index is 0.374. The molecule has 0 saturated carbocycles. The average molecular weight is 265 g/mol. The Labute approximate surface area is 109 Å². The Bertz CT molecular complexity index is 503. The number of hydrogen-bond acceptors (Lipinski definition) is 5. The van der Waals surface area contributed by atoms with Crippen LogP contribution in [0.3, 0.4) is 0 Å². The van der Waals surface area contributed by atoms with Crippen LogP contribution in [0.15, 0.2) is 17.5 Å². The highest BCUT2D eigenvalue weighted by Gasteiger charge is 2.37. The summed E-state index contributed by atoms with van der Waals surface area (Å²) in [5, 5.41) is 9.32. The predicted molar refractivity (Wildman–Crippen MR) is 68.4 cm³/mol. The van der Waals surface area contributed by atoms with Gasteiger partial charge in [0, 0.05) is 33.2 Å². The molecule has 18 heavy (non-hydrogen) atoms. The summed E-state index contributed by atoms with van der Waals surface area (Å²) in [5.41, 5.74) is -0.374. The lowest BCUT2D eigenvalue weighted by molar-refractivity contribution is -0.0997. The minimum atomic E-state index is -0.374. The van der Waals surface area contributed by atoms with Gasteiger partial charge in [0.15, 0.2) is 11.6 Å². The monoisotopic (exact) mass is 265 g/mol. The summed E-state index contributed by atoms with van der Waals surface area (Å²) >= 11 is 1.63. The van der Waals surface area contributed by atoms with Crippen molar-refractivity contribution in [2.75, 3.05) is 20.3 Å². The van der Waals surface area contributed by atoms with E-state index < -0.39 is 0 Å². The summed E-state index contributed by atoms with van der Waals surface area (Å²) in [6.45, 7) is 1.39. The van der Waals surface area contributed by atoms with Gasteiger partial charge >= 0.3 is 0 Å². The number of nitrogens with zero attached hydrogens (tertiary/aromatic N) is 2. The van der Waals surface area contributed by atoms with Gasteiger partial charge in [0.1, 0.15) is 5.60 Å². The zero-order valence-electron chi connectivity index (χ0n) is 10.2. The van der Waals surface area contributed by atoms with Crippen LogP contribution >= 0.6 is 11.3 Å². The molecule has 96 valence electrons. The molecule has 6 heteroatoms. The Hall–Kier alpha value is -1.24. The first kappa shape index (κ1) is 11.8. The maximum absolute atomic E-state index is 5.69. The van der Waals surface area contributed by atoms with Gasteiger partial charge in [-0.15, -0.1) is 11.3 Å². The number of aromatic amines is 1. The quantitative estimate of drug-likeness (QED) is 0.924. The van der Waals surface area contributed by atoms with Crippen LogP contribution in [0.1, 0.15) is 18.7 Å². The fraction of sp³-hybridized carbons (Fsp3) is 0.500. The molecule has 1 N–H and O–H groups in total. The lowest BCUT2D eigenvalue weighted by Crippen LogP contribution is -2.36. The van der Waals surface area contributed by atoms with Crippen molar-refractivity contribution in [3.05, 3.63) is 23.3 Å². The molecule has 5 nitrogen and oxygen atoms in total. The molecular weight excluding hydrogens is 250 g/mol. The third-order valence-electron chi connectivity index (χ3n) is 3.35. The molecule has 0 radical (unpaired) electrons. The summed E-state index contributed by atoms with van der Waals surface area (Å²) in [6, 6.07) is 4.01. The van der Waals surface area contributed by atoms with E-state index in [0.717, 1.165) is 29.4 Å². The van der Waals surface area contributed by atoms with E-state index in [2.05, 4.69) is 15.2 Å². The first-order chi connectivity index (χ1) is 8.84. The molecule has 0 aliphatic carbocycles. The van der Waals surface area contributed by atoms with Gasteiger partial charge in [0.25, 0.3) is 0 Å². The molecule has 0 unspecified atom stereocenters. The molecule has 1 aliphatic heterocycles. The van der Waals surface area contributed by atoms with Gasteiger partial charge in [-0.2, -0.15) is 5.10 Å². The summed E-state index contributed by atoms with van der Waals surface area (Å²) in [5.74, 6) is 1.54. The van der Waals surface area contributed by atoms with E-state index in [9.17, 15) is 0 Å². The minimum Gasteiger partial charge on any atom is -0.381 e. The molecule has 0 spiro atoms. The summed E-state index contributed by atoms with van der Waals surface area (Å²) in [4.78, 5) is 5.65. The highest BCUT2D eigenvalue weighted by atomic mass is 32.1. The molecule has 2 aromatic heterocycles. The second kappa shape index (κ2) is 4.79. The zero-order chi connectivity index (χ0) is 12.4. The second-order valence-corrected chi connectivity index (χ2v) is 5.24. The van der Waals surface area contributed by atoms with Crippen molar-refractivity contribution in [2.24, 2.45) is 0 Å². The maximum atomic E-state index is 5.69. The normalized spacial score (nSPS) is 18.9. The van der Waals surface area contributed by atoms with Gasteiger partial charge in [0.05, 0.1) is 4.88 Å². The van der Waals surface area contributed by atoms with E-state index in [0.29, 0.717) is 13.2 Å². The number of aromatic nitrogens is 3. The van der Waals surface area contributed by atoms with Gasteiger partial charge < -0.3 is 9.47 Å². The molecule has 3 rings (SSSR count). The van der Waals surface area contributed by atoms with Gasteiger partial charge in [0.2, 0.25) is 0 Å². The Kier molecular flexibility index (Phi) is 3.15. The molecule has 0 bridgehead atoms. The van der Waals surface area contributed by atoms with E-state index >= 15 is 0 Å². The highest BCUT2D eigenvalue weighted by molar-refractivity contribution is 7.13. The largest absolute Gasteiger partial charge is 0.381 e. The number of methoxy groups -OCH3 is 1. The van der Waals surface area contributed by atoms with Crippen LogP contribution in [0.2, 0.25) is 0 Å². The zero-order valence-corrected chi connectivity index (χ0v) is 11.0. The lowest BCUT2D eigenvalue weighted by Gasteiger charge is -2.33. The first-order valence-corrected chi connectivity index (χ1v) is 6.82. The Morgan fingerprint density at radius 2 is 2.28 bits per heavy atom. The van der Waals surface area contributed by atoms with E-state index in [4.69, 9.17) is 9.47 Å². The second-order valence-electron chi connectivity index (χ2n) is 4.30. The predicted octanol–water partition coefficient (Wildman–Crippen LogP) is 2.19. The fourth-order valence-corrected chi connectivity index (χ4v) is 2.88. The molecular formula is C12H15N3O2S. The standard InChI is InChI=1S/C12H15N3O2S/c1-16-12(4-6-17-7-5-12)11-13-10(14-15-11)9-3-2-8-18-9/h2-3,8H,4-7H2,1H3,(H,13,14,15). The van der Waals surface area contributed by atoms with Crippen LogP contribution in [0.4, 0.5) is 0 Å². The van der Waals surface area contributed by atoms with Crippen molar-refractivity contribution < 1.29 is 9.47 Å². The Balaban J connectivity index is 1.92. The highest BCUT2D eigenvalue weighted by Crippen LogP contribution is 2.34. The van der Waals surface area contributed by atoms with Gasteiger partial charge in [-0.1, -0.05) is 6.07 Å². The van der Waals surface area contributed by atoms with Crippen LogP contribution in [0, 0.1) is 0 Å². The first-order valence-electron chi connectivity index (χ1n) is 5.94.